The van der Waals surface area contributed by atoms with E-state index in [4.69, 9.17) is 12.2 Å². The zero-order valence-corrected chi connectivity index (χ0v) is 20.3. The molecule has 2 aromatic rings. The van der Waals surface area contributed by atoms with Gasteiger partial charge >= 0.3 is 0 Å². The number of fused-ring (bicyclic) bond motifs is 1. The summed E-state index contributed by atoms with van der Waals surface area (Å²) in [7, 11) is 2.11. The highest BCUT2D eigenvalue weighted by molar-refractivity contribution is 7.80. The fourth-order valence-electron chi connectivity index (χ4n) is 4.61. The summed E-state index contributed by atoms with van der Waals surface area (Å²) in [5.41, 5.74) is 6.23. The molecule has 0 spiro atoms. The molecule has 2 heterocycles. The third-order valence-electron chi connectivity index (χ3n) is 6.82. The number of nitrogens with zero attached hydrogens (tertiary/aromatic N) is 2. The van der Waals surface area contributed by atoms with Crippen molar-refractivity contribution >= 4 is 46.6 Å². The van der Waals surface area contributed by atoms with Crippen molar-refractivity contribution < 1.29 is 9.59 Å². The van der Waals surface area contributed by atoms with E-state index in [1.54, 1.807) is 6.08 Å². The zero-order valence-electron chi connectivity index (χ0n) is 19.4. The molecule has 2 amide bonds. The van der Waals surface area contributed by atoms with Crippen LogP contribution in [-0.4, -0.2) is 29.5 Å². The molecule has 0 radical (unpaired) electrons. The van der Waals surface area contributed by atoms with Gasteiger partial charge in [-0.1, -0.05) is 19.1 Å². The summed E-state index contributed by atoms with van der Waals surface area (Å²) < 4.78 is 0. The fraction of sp³-hybridized carbons (Fsp3) is 0.346. The highest BCUT2D eigenvalue weighted by atomic mass is 32.1. The lowest BCUT2D eigenvalue weighted by Gasteiger charge is -2.45. The highest BCUT2D eigenvalue weighted by Gasteiger charge is 2.36. The van der Waals surface area contributed by atoms with E-state index in [1.807, 2.05) is 38.1 Å². The monoisotopic (exact) mass is 447 g/mol. The normalized spacial score (nSPS) is 21.6. The molecule has 0 aliphatic carbocycles. The highest BCUT2D eigenvalue weighted by Crippen LogP contribution is 2.42. The van der Waals surface area contributed by atoms with Gasteiger partial charge in [-0.05, 0) is 105 Å². The Kier molecular flexibility index (Phi) is 5.45. The van der Waals surface area contributed by atoms with Crippen LogP contribution in [0.3, 0.4) is 0 Å². The van der Waals surface area contributed by atoms with E-state index in [0.29, 0.717) is 11.6 Å². The third kappa shape index (κ3) is 3.73. The molecule has 0 saturated carbocycles. The van der Waals surface area contributed by atoms with Crippen molar-refractivity contribution in [2.45, 2.75) is 52.5 Å². The van der Waals surface area contributed by atoms with E-state index in [1.165, 1.54) is 16.2 Å². The molecule has 2 aliphatic heterocycles. The van der Waals surface area contributed by atoms with Crippen LogP contribution in [0.1, 0.15) is 55.4 Å². The molecule has 166 valence electrons. The quantitative estimate of drug-likeness (QED) is 0.406. The van der Waals surface area contributed by atoms with Gasteiger partial charge in [0.1, 0.15) is 5.57 Å². The molecular formula is C26H29N3O2S. The molecule has 4 rings (SSSR count). The number of nitrogens with one attached hydrogen (secondary N) is 1. The molecule has 0 bridgehead atoms. The van der Waals surface area contributed by atoms with Crippen LogP contribution in [0.15, 0.2) is 42.0 Å². The second-order valence-electron chi connectivity index (χ2n) is 9.52. The van der Waals surface area contributed by atoms with E-state index >= 15 is 0 Å². The maximum Gasteiger partial charge on any atom is 0.270 e. The minimum atomic E-state index is -0.468. The molecular weight excluding hydrogens is 418 g/mol. The zero-order chi connectivity index (χ0) is 23.4. The minimum Gasteiger partial charge on any atom is -0.369 e. The summed E-state index contributed by atoms with van der Waals surface area (Å²) in [6, 6.07) is 11.8. The Balaban J connectivity index is 1.73. The van der Waals surface area contributed by atoms with Crippen molar-refractivity contribution in [1.82, 2.24) is 5.32 Å². The largest absolute Gasteiger partial charge is 0.369 e. The molecule has 2 aromatic carbocycles. The van der Waals surface area contributed by atoms with Crippen LogP contribution < -0.4 is 15.1 Å². The van der Waals surface area contributed by atoms with Gasteiger partial charge < -0.3 is 4.90 Å². The summed E-state index contributed by atoms with van der Waals surface area (Å²) >= 11 is 5.33. The van der Waals surface area contributed by atoms with Crippen molar-refractivity contribution in [2.24, 2.45) is 0 Å². The molecule has 5 nitrogen and oxygen atoms in total. The van der Waals surface area contributed by atoms with E-state index in [0.717, 1.165) is 23.1 Å². The molecule has 1 atom stereocenters. The van der Waals surface area contributed by atoms with Crippen LogP contribution in [0.2, 0.25) is 0 Å². The number of hydrogen-bond acceptors (Lipinski definition) is 4. The Morgan fingerprint density at radius 1 is 1.09 bits per heavy atom. The van der Waals surface area contributed by atoms with Gasteiger partial charge in [-0.15, -0.1) is 0 Å². The fourth-order valence-corrected chi connectivity index (χ4v) is 4.89. The molecule has 1 fully saturated rings. The molecule has 2 aliphatic rings. The summed E-state index contributed by atoms with van der Waals surface area (Å²) in [5.74, 6) is -0.500. The second kappa shape index (κ2) is 7.85. The number of amides is 2. The van der Waals surface area contributed by atoms with Crippen molar-refractivity contribution in [1.29, 1.82) is 0 Å². The van der Waals surface area contributed by atoms with Gasteiger partial charge in [0.25, 0.3) is 11.8 Å². The van der Waals surface area contributed by atoms with Crippen LogP contribution in [0.25, 0.3) is 6.08 Å². The number of carbonyl (C=O) groups excluding carboxylic acids is 2. The Bertz CT molecular complexity index is 1180. The molecule has 0 aromatic heterocycles. The number of hydrogen-bond donors (Lipinski definition) is 1. The summed E-state index contributed by atoms with van der Waals surface area (Å²) in [5, 5.41) is 2.77. The lowest BCUT2D eigenvalue weighted by molar-refractivity contribution is -0.122. The lowest BCUT2D eigenvalue weighted by Crippen LogP contribution is -2.54. The first-order chi connectivity index (χ1) is 15.0. The van der Waals surface area contributed by atoms with E-state index in [-0.39, 0.29) is 16.2 Å². The summed E-state index contributed by atoms with van der Waals surface area (Å²) in [6.45, 7) is 10.7. The minimum absolute atomic E-state index is 0.0774. The van der Waals surface area contributed by atoms with Crippen molar-refractivity contribution in [3.63, 3.8) is 0 Å². The first kappa shape index (κ1) is 22.2. The first-order valence-corrected chi connectivity index (χ1v) is 11.3. The second-order valence-corrected chi connectivity index (χ2v) is 9.91. The van der Waals surface area contributed by atoms with Gasteiger partial charge in [-0.3, -0.25) is 19.8 Å². The standard InChI is InChI=1S/C26H29N3O2S/c1-15-7-9-19(11-16(15)2)29-24(31)21(23(30)27-25(29)32)13-18-8-10-22-20(12-18)17(3)14-26(4,5)28(22)6/h7-13,17H,14H2,1-6H3,(H,27,30,32)/b21-13+. The van der Waals surface area contributed by atoms with Gasteiger partial charge in [0.15, 0.2) is 5.11 Å². The predicted octanol–water partition coefficient (Wildman–Crippen LogP) is 4.86. The van der Waals surface area contributed by atoms with Crippen LogP contribution in [0.5, 0.6) is 0 Å². The number of carbonyl (C=O) groups is 2. The van der Waals surface area contributed by atoms with Gasteiger partial charge in [0.05, 0.1) is 5.69 Å². The van der Waals surface area contributed by atoms with Crippen LogP contribution in [-0.2, 0) is 9.59 Å². The van der Waals surface area contributed by atoms with Crippen LogP contribution in [0, 0.1) is 13.8 Å². The Morgan fingerprint density at radius 2 is 1.81 bits per heavy atom. The van der Waals surface area contributed by atoms with Gasteiger partial charge in [-0.2, -0.15) is 0 Å². The number of anilines is 2. The summed E-state index contributed by atoms with van der Waals surface area (Å²) in [6.07, 6.45) is 2.70. The molecule has 1 saturated heterocycles. The van der Waals surface area contributed by atoms with Gasteiger partial charge in [-0.25, -0.2) is 0 Å². The summed E-state index contributed by atoms with van der Waals surface area (Å²) in [4.78, 5) is 29.7. The van der Waals surface area contributed by atoms with Crippen LogP contribution in [0.4, 0.5) is 11.4 Å². The number of rotatable bonds is 2. The number of benzene rings is 2. The third-order valence-corrected chi connectivity index (χ3v) is 7.10. The van der Waals surface area contributed by atoms with Gasteiger partial charge in [0, 0.05) is 18.3 Å². The predicted molar refractivity (Wildman–Crippen MR) is 134 cm³/mol. The van der Waals surface area contributed by atoms with Gasteiger partial charge in [0.2, 0.25) is 0 Å². The topological polar surface area (TPSA) is 52.7 Å². The molecule has 1 N–H and O–H groups in total. The Morgan fingerprint density at radius 3 is 2.50 bits per heavy atom. The average molecular weight is 448 g/mol. The van der Waals surface area contributed by atoms with E-state index in [2.05, 4.69) is 50.2 Å². The Labute approximate surface area is 195 Å². The average Bonchev–Trinajstić information content (AvgIpc) is 2.71. The molecule has 1 unspecified atom stereocenters. The van der Waals surface area contributed by atoms with E-state index < -0.39 is 11.8 Å². The molecule has 32 heavy (non-hydrogen) atoms. The molecule has 6 heteroatoms. The van der Waals surface area contributed by atoms with E-state index in [9.17, 15) is 9.59 Å². The number of thiocarbonyl (C=S) groups is 1. The van der Waals surface area contributed by atoms with Crippen LogP contribution >= 0.6 is 12.2 Å². The van der Waals surface area contributed by atoms with Crippen molar-refractivity contribution in [3.8, 4) is 0 Å². The number of aryl methyl sites for hydroxylation is 2. The maximum absolute atomic E-state index is 13.3. The van der Waals surface area contributed by atoms with Crippen molar-refractivity contribution in [3.05, 3.63) is 64.2 Å². The lowest BCUT2D eigenvalue weighted by atomic mass is 9.80. The van der Waals surface area contributed by atoms with Crippen molar-refractivity contribution in [2.75, 3.05) is 16.8 Å². The first-order valence-electron chi connectivity index (χ1n) is 10.9. The SMILES string of the molecule is Cc1ccc(N2C(=O)/C(=C/c3ccc4c(c3)C(C)CC(C)(C)N4C)C(=O)NC2=S)cc1C. The maximum atomic E-state index is 13.3. The Hall–Kier alpha value is -2.99. The smallest absolute Gasteiger partial charge is 0.270 e.